The summed E-state index contributed by atoms with van der Waals surface area (Å²) in [4.78, 5) is 23.4. The Morgan fingerprint density at radius 3 is 2.32 bits per heavy atom. The summed E-state index contributed by atoms with van der Waals surface area (Å²) in [5.74, 6) is 0.0106. The number of piperazine rings is 1. The van der Waals surface area contributed by atoms with Gasteiger partial charge in [-0.15, -0.1) is 0 Å². The predicted octanol–water partition coefficient (Wildman–Crippen LogP) is 3.94. The van der Waals surface area contributed by atoms with Crippen molar-refractivity contribution in [3.63, 3.8) is 0 Å². The molecule has 2 aliphatic heterocycles. The first-order valence-corrected chi connectivity index (χ1v) is 17.1. The van der Waals surface area contributed by atoms with Crippen molar-refractivity contribution in [1.82, 2.24) is 34.3 Å². The largest absolute Gasteiger partial charge is 0.491 e. The molecule has 14 nitrogen and oxygen atoms in total. The number of hydrogen-bond acceptors (Lipinski definition) is 11. The van der Waals surface area contributed by atoms with E-state index in [1.165, 1.54) is 20.4 Å². The van der Waals surface area contributed by atoms with Crippen molar-refractivity contribution < 1.29 is 19.3 Å². The van der Waals surface area contributed by atoms with Gasteiger partial charge in [-0.2, -0.15) is 20.1 Å². The van der Waals surface area contributed by atoms with Gasteiger partial charge in [0.1, 0.15) is 37.2 Å². The van der Waals surface area contributed by atoms with Gasteiger partial charge in [-0.05, 0) is 62.4 Å². The maximum absolute atomic E-state index is 12.8. The lowest BCUT2D eigenvalue weighted by Crippen LogP contribution is -2.46. The molecule has 262 valence electrons. The van der Waals surface area contributed by atoms with Gasteiger partial charge in [0.2, 0.25) is 5.79 Å². The van der Waals surface area contributed by atoms with Crippen LogP contribution in [0.5, 0.6) is 5.75 Å². The summed E-state index contributed by atoms with van der Waals surface area (Å²) in [6.45, 7) is 7.46. The van der Waals surface area contributed by atoms with Crippen LogP contribution in [0.4, 0.5) is 11.4 Å². The van der Waals surface area contributed by atoms with Crippen LogP contribution in [-0.2, 0) is 21.8 Å². The highest BCUT2D eigenvalue weighted by atomic mass is 35.5. The van der Waals surface area contributed by atoms with Crippen molar-refractivity contribution >= 4 is 34.6 Å². The van der Waals surface area contributed by atoms with Gasteiger partial charge in [-0.1, -0.05) is 29.3 Å². The first-order chi connectivity index (χ1) is 24.2. The number of rotatable bonds is 11. The van der Waals surface area contributed by atoms with Gasteiger partial charge in [-0.3, -0.25) is 0 Å². The van der Waals surface area contributed by atoms with Crippen LogP contribution in [-0.4, -0.2) is 91.0 Å². The molecule has 2 aromatic carbocycles. The van der Waals surface area contributed by atoms with E-state index in [1.807, 2.05) is 24.3 Å². The molecule has 0 amide bonds. The van der Waals surface area contributed by atoms with Crippen molar-refractivity contribution in [2.75, 3.05) is 49.2 Å². The number of nitrogens with zero attached hydrogens (tertiary/aromatic N) is 9. The molecular weight excluding hydrogens is 685 g/mol. The summed E-state index contributed by atoms with van der Waals surface area (Å²) in [5, 5.41) is 23.4. The molecule has 0 spiro atoms. The van der Waals surface area contributed by atoms with Crippen LogP contribution in [0.15, 0.2) is 84.3 Å². The molecule has 4 atom stereocenters. The smallest absolute Gasteiger partial charge is 0.351 e. The minimum absolute atomic E-state index is 0.209. The Hall–Kier alpha value is -4.47. The fourth-order valence-corrected chi connectivity index (χ4v) is 6.65. The Labute approximate surface area is 298 Å². The molecule has 3 aromatic heterocycles. The third kappa shape index (κ3) is 7.07. The lowest BCUT2D eigenvalue weighted by molar-refractivity contribution is -0.192. The Kier molecular flexibility index (Phi) is 9.80. The van der Waals surface area contributed by atoms with Crippen molar-refractivity contribution in [2.24, 2.45) is 0 Å². The van der Waals surface area contributed by atoms with Crippen LogP contribution in [0, 0.1) is 0 Å². The average molecular weight is 723 g/mol. The Bertz CT molecular complexity index is 1950. The first-order valence-electron chi connectivity index (χ1n) is 16.3. The van der Waals surface area contributed by atoms with Crippen LogP contribution >= 0.6 is 23.2 Å². The quantitative estimate of drug-likeness (QED) is 0.212. The van der Waals surface area contributed by atoms with Gasteiger partial charge in [0.05, 0.1) is 48.1 Å². The van der Waals surface area contributed by atoms with Gasteiger partial charge < -0.3 is 29.1 Å². The maximum atomic E-state index is 12.8. The number of hydrogen-bond donors (Lipinski definition) is 1. The molecule has 4 unspecified atom stereocenters. The third-order valence-electron chi connectivity index (χ3n) is 9.06. The number of anilines is 2. The van der Waals surface area contributed by atoms with E-state index in [4.69, 9.17) is 37.4 Å². The number of aliphatic hydroxyl groups is 1. The molecule has 50 heavy (non-hydrogen) atoms. The second-order valence-electron chi connectivity index (χ2n) is 12.4. The molecule has 0 radical (unpaired) electrons. The average Bonchev–Trinajstić information content (AvgIpc) is 3.88. The predicted molar refractivity (Wildman–Crippen MR) is 187 cm³/mol. The number of pyridine rings is 1. The number of ether oxygens (including phenoxy) is 3. The van der Waals surface area contributed by atoms with E-state index in [-0.39, 0.29) is 24.9 Å². The summed E-state index contributed by atoms with van der Waals surface area (Å²) in [6, 6.07) is 16.6. The van der Waals surface area contributed by atoms with E-state index < -0.39 is 17.9 Å². The number of aromatic nitrogens is 7. The SMILES string of the molecule is CC(O)C(C)n1ncn(-c2ccc(N3CCN(c4ccc(OCC5COC(Cn6nccn6)(c6ccc(Cl)cc6Cl)O5)cc4)CC3)cn2)c1=O. The van der Waals surface area contributed by atoms with Crippen LogP contribution in [0.1, 0.15) is 25.5 Å². The van der Waals surface area contributed by atoms with E-state index >= 15 is 0 Å². The fraction of sp³-hybridized carbons (Fsp3) is 0.382. The van der Waals surface area contributed by atoms with Crippen LogP contribution < -0.4 is 20.2 Å². The Morgan fingerprint density at radius 2 is 1.66 bits per heavy atom. The van der Waals surface area contributed by atoms with Crippen molar-refractivity contribution in [1.29, 1.82) is 0 Å². The molecule has 0 aliphatic carbocycles. The third-order valence-corrected chi connectivity index (χ3v) is 9.60. The molecule has 5 aromatic rings. The van der Waals surface area contributed by atoms with Gasteiger partial charge in [0, 0.05) is 42.5 Å². The summed E-state index contributed by atoms with van der Waals surface area (Å²) in [7, 11) is 0. The zero-order valence-corrected chi connectivity index (χ0v) is 29.1. The van der Waals surface area contributed by atoms with Crippen molar-refractivity contribution in [3.05, 3.63) is 106 Å². The maximum Gasteiger partial charge on any atom is 0.351 e. The van der Waals surface area contributed by atoms with E-state index in [0.717, 1.165) is 43.3 Å². The zero-order valence-electron chi connectivity index (χ0n) is 27.5. The highest BCUT2D eigenvalue weighted by Crippen LogP contribution is 2.40. The lowest BCUT2D eigenvalue weighted by Gasteiger charge is -2.37. The molecule has 2 aliphatic rings. The highest BCUT2D eigenvalue weighted by Gasteiger charge is 2.46. The summed E-state index contributed by atoms with van der Waals surface area (Å²) in [5.41, 5.74) is 2.39. The van der Waals surface area contributed by atoms with Crippen LogP contribution in [0.2, 0.25) is 10.0 Å². The highest BCUT2D eigenvalue weighted by molar-refractivity contribution is 6.35. The minimum atomic E-state index is -1.19. The Morgan fingerprint density at radius 1 is 0.960 bits per heavy atom. The number of benzene rings is 2. The van der Waals surface area contributed by atoms with E-state index in [2.05, 4.69) is 42.2 Å². The van der Waals surface area contributed by atoms with Crippen molar-refractivity contribution in [2.45, 2.75) is 44.4 Å². The van der Waals surface area contributed by atoms with Gasteiger partial charge in [0.25, 0.3) is 0 Å². The molecule has 7 rings (SSSR count). The summed E-state index contributed by atoms with van der Waals surface area (Å²) in [6.07, 6.45) is 5.34. The number of halogens is 2. The van der Waals surface area contributed by atoms with Gasteiger partial charge in [-0.25, -0.2) is 19.0 Å². The topological polar surface area (TPSA) is 138 Å². The van der Waals surface area contributed by atoms with Gasteiger partial charge in [0.15, 0.2) is 0 Å². The van der Waals surface area contributed by atoms with Crippen molar-refractivity contribution in [3.8, 4) is 11.6 Å². The standard InChI is InChI=1S/C34H37Cl2N9O5/c1-23(24(2)46)45-33(47)43(22-40-45)32-10-6-27(18-37-32)42-15-13-41(14-16-42)26-4-7-28(8-5-26)48-19-29-20-49-34(50-29,21-44-38-11-12-39-44)30-9-3-25(35)17-31(30)36/h3-12,17-18,22-24,29,46H,13-16,19-21H2,1-2H3. The fourth-order valence-electron chi connectivity index (χ4n) is 6.10. The second-order valence-corrected chi connectivity index (χ2v) is 13.2. The van der Waals surface area contributed by atoms with Crippen LogP contribution in [0.25, 0.3) is 5.82 Å². The number of aliphatic hydroxyl groups excluding tert-OH is 1. The molecular formula is C34H37Cl2N9O5. The first kappa shape index (κ1) is 34.0. The molecule has 16 heteroatoms. The van der Waals surface area contributed by atoms with E-state index in [9.17, 15) is 9.90 Å². The monoisotopic (exact) mass is 721 g/mol. The molecule has 2 saturated heterocycles. The summed E-state index contributed by atoms with van der Waals surface area (Å²) < 4.78 is 21.5. The molecule has 0 saturated carbocycles. The van der Waals surface area contributed by atoms with E-state index in [0.29, 0.717) is 28.0 Å². The Balaban J connectivity index is 0.924. The van der Waals surface area contributed by atoms with Crippen LogP contribution in [0.3, 0.4) is 0 Å². The molecule has 1 N–H and O–H groups in total. The zero-order chi connectivity index (χ0) is 34.8. The molecule has 5 heterocycles. The summed E-state index contributed by atoms with van der Waals surface area (Å²) >= 11 is 12.7. The van der Waals surface area contributed by atoms with E-state index in [1.54, 1.807) is 50.6 Å². The minimum Gasteiger partial charge on any atom is -0.491 e. The molecule has 2 fully saturated rings. The second kappa shape index (κ2) is 14.4. The molecule has 0 bridgehead atoms. The normalized spacial score (nSPS) is 20.6. The van der Waals surface area contributed by atoms with Gasteiger partial charge >= 0.3 is 5.69 Å². The lowest BCUT2D eigenvalue weighted by atomic mass is 10.1.